The minimum absolute atomic E-state index is 0.180. The summed E-state index contributed by atoms with van der Waals surface area (Å²) in [6, 6.07) is 7.58. The van der Waals surface area contributed by atoms with E-state index in [0.29, 0.717) is 12.1 Å². The smallest absolute Gasteiger partial charge is 0.123 e. The molecule has 0 atom stereocenters. The number of hydrogen-bond donors (Lipinski definition) is 1. The van der Waals surface area contributed by atoms with Crippen LogP contribution < -0.4 is 10.6 Å². The third-order valence-corrected chi connectivity index (χ3v) is 3.09. The highest BCUT2D eigenvalue weighted by atomic mass is 19.1. The highest BCUT2D eigenvalue weighted by Crippen LogP contribution is 2.28. The molecule has 0 radical (unpaired) electrons. The van der Waals surface area contributed by atoms with E-state index >= 15 is 0 Å². The molecular formula is C12H17FN2. The van der Waals surface area contributed by atoms with Crippen LogP contribution >= 0.6 is 0 Å². The third-order valence-electron chi connectivity index (χ3n) is 3.09. The van der Waals surface area contributed by atoms with Crippen molar-refractivity contribution in [3.8, 4) is 0 Å². The Kier molecular flexibility index (Phi) is 2.91. The quantitative estimate of drug-likeness (QED) is 0.824. The van der Waals surface area contributed by atoms with Gasteiger partial charge in [-0.05, 0) is 44.0 Å². The van der Waals surface area contributed by atoms with E-state index in [-0.39, 0.29) is 5.82 Å². The maximum atomic E-state index is 12.8. The molecule has 0 saturated heterocycles. The lowest BCUT2D eigenvalue weighted by Crippen LogP contribution is -2.50. The molecule has 3 heteroatoms. The number of hydrogen-bond acceptors (Lipinski definition) is 2. The van der Waals surface area contributed by atoms with Crippen LogP contribution in [0.3, 0.4) is 0 Å². The molecule has 0 aliphatic heterocycles. The van der Waals surface area contributed by atoms with Gasteiger partial charge in [0.15, 0.2) is 0 Å². The lowest BCUT2D eigenvalue weighted by Gasteiger charge is -2.42. The highest BCUT2D eigenvalue weighted by molar-refractivity contribution is 5.47. The van der Waals surface area contributed by atoms with Crippen LogP contribution in [-0.4, -0.2) is 18.6 Å². The van der Waals surface area contributed by atoms with E-state index in [1.54, 1.807) is 0 Å². The first-order valence-corrected chi connectivity index (χ1v) is 5.48. The van der Waals surface area contributed by atoms with Crippen LogP contribution in [0.1, 0.15) is 19.8 Å². The van der Waals surface area contributed by atoms with Gasteiger partial charge in [0.1, 0.15) is 5.82 Å². The molecule has 1 saturated carbocycles. The van der Waals surface area contributed by atoms with Gasteiger partial charge in [0, 0.05) is 24.3 Å². The van der Waals surface area contributed by atoms with E-state index < -0.39 is 0 Å². The molecule has 1 aromatic carbocycles. The fourth-order valence-electron chi connectivity index (χ4n) is 2.17. The van der Waals surface area contributed by atoms with Crippen LogP contribution in [0.5, 0.6) is 0 Å². The van der Waals surface area contributed by atoms with E-state index in [9.17, 15) is 4.39 Å². The SMILES string of the molecule is CCN(c1ccc(F)cc1)C1CC(N)C1. The Morgan fingerprint density at radius 3 is 2.40 bits per heavy atom. The Hall–Kier alpha value is -1.09. The third kappa shape index (κ3) is 2.12. The predicted molar refractivity (Wildman–Crippen MR) is 60.4 cm³/mol. The summed E-state index contributed by atoms with van der Waals surface area (Å²) in [5.41, 5.74) is 6.87. The van der Waals surface area contributed by atoms with Crippen LogP contribution in [0.2, 0.25) is 0 Å². The molecule has 0 spiro atoms. The van der Waals surface area contributed by atoms with Gasteiger partial charge in [0.05, 0.1) is 0 Å². The van der Waals surface area contributed by atoms with Crippen LogP contribution in [0.15, 0.2) is 24.3 Å². The van der Waals surface area contributed by atoms with Crippen molar-refractivity contribution in [1.82, 2.24) is 0 Å². The Bertz CT molecular complexity index is 317. The van der Waals surface area contributed by atoms with Crippen LogP contribution in [0.4, 0.5) is 10.1 Å². The molecule has 1 aliphatic rings. The molecule has 2 rings (SSSR count). The Morgan fingerprint density at radius 2 is 1.93 bits per heavy atom. The van der Waals surface area contributed by atoms with Crippen molar-refractivity contribution in [2.45, 2.75) is 31.8 Å². The molecule has 82 valence electrons. The van der Waals surface area contributed by atoms with Crippen molar-refractivity contribution >= 4 is 5.69 Å². The van der Waals surface area contributed by atoms with E-state index in [1.165, 1.54) is 12.1 Å². The molecule has 0 unspecified atom stereocenters. The molecule has 2 nitrogen and oxygen atoms in total. The zero-order valence-corrected chi connectivity index (χ0v) is 8.99. The molecule has 1 aromatic rings. The monoisotopic (exact) mass is 208 g/mol. The molecule has 0 amide bonds. The molecule has 1 fully saturated rings. The van der Waals surface area contributed by atoms with Gasteiger partial charge in [-0.25, -0.2) is 4.39 Å². The summed E-state index contributed by atoms with van der Waals surface area (Å²) in [6.45, 7) is 3.07. The van der Waals surface area contributed by atoms with Gasteiger partial charge in [0.25, 0.3) is 0 Å². The van der Waals surface area contributed by atoms with Crippen LogP contribution in [-0.2, 0) is 0 Å². The number of halogens is 1. The van der Waals surface area contributed by atoms with Crippen molar-refractivity contribution in [3.05, 3.63) is 30.1 Å². The van der Waals surface area contributed by atoms with Gasteiger partial charge < -0.3 is 10.6 Å². The van der Waals surface area contributed by atoms with Crippen molar-refractivity contribution in [2.24, 2.45) is 5.73 Å². The molecule has 0 bridgehead atoms. The number of benzene rings is 1. The second-order valence-corrected chi connectivity index (χ2v) is 4.15. The highest BCUT2D eigenvalue weighted by Gasteiger charge is 2.30. The molecule has 1 aliphatic carbocycles. The van der Waals surface area contributed by atoms with Gasteiger partial charge >= 0.3 is 0 Å². The Morgan fingerprint density at radius 1 is 1.33 bits per heavy atom. The minimum atomic E-state index is -0.180. The Balaban J connectivity index is 2.09. The van der Waals surface area contributed by atoms with Crippen LogP contribution in [0.25, 0.3) is 0 Å². The fourth-order valence-corrected chi connectivity index (χ4v) is 2.17. The topological polar surface area (TPSA) is 29.3 Å². The summed E-state index contributed by atoms with van der Waals surface area (Å²) < 4.78 is 12.8. The van der Waals surface area contributed by atoms with Gasteiger partial charge in [-0.2, -0.15) is 0 Å². The summed E-state index contributed by atoms with van der Waals surface area (Å²) in [7, 11) is 0. The predicted octanol–water partition coefficient (Wildman–Crippen LogP) is 2.14. The first-order valence-electron chi connectivity index (χ1n) is 5.48. The number of rotatable bonds is 3. The number of nitrogens with two attached hydrogens (primary N) is 1. The summed E-state index contributed by atoms with van der Waals surface area (Å²) >= 11 is 0. The van der Waals surface area contributed by atoms with Gasteiger partial charge in [0.2, 0.25) is 0 Å². The zero-order chi connectivity index (χ0) is 10.8. The maximum Gasteiger partial charge on any atom is 0.123 e. The second kappa shape index (κ2) is 4.19. The lowest BCUT2D eigenvalue weighted by atomic mass is 9.86. The minimum Gasteiger partial charge on any atom is -0.369 e. The molecule has 0 aromatic heterocycles. The lowest BCUT2D eigenvalue weighted by molar-refractivity contribution is 0.332. The van der Waals surface area contributed by atoms with E-state index in [1.807, 2.05) is 12.1 Å². The first-order chi connectivity index (χ1) is 7.20. The van der Waals surface area contributed by atoms with Crippen LogP contribution in [0, 0.1) is 5.82 Å². The molecular weight excluding hydrogens is 191 g/mol. The van der Waals surface area contributed by atoms with Crippen molar-refractivity contribution in [3.63, 3.8) is 0 Å². The second-order valence-electron chi connectivity index (χ2n) is 4.15. The van der Waals surface area contributed by atoms with Gasteiger partial charge in [-0.3, -0.25) is 0 Å². The average molecular weight is 208 g/mol. The standard InChI is InChI=1S/C12H17FN2/c1-2-15(12-7-10(14)8-12)11-5-3-9(13)4-6-11/h3-6,10,12H,2,7-8,14H2,1H3. The molecule has 0 heterocycles. The summed E-state index contributed by atoms with van der Waals surface area (Å²) in [6.07, 6.45) is 2.09. The normalized spacial score (nSPS) is 24.7. The fraction of sp³-hybridized carbons (Fsp3) is 0.500. The van der Waals surface area contributed by atoms with Crippen molar-refractivity contribution in [1.29, 1.82) is 0 Å². The molecule has 15 heavy (non-hydrogen) atoms. The van der Waals surface area contributed by atoms with Crippen molar-refractivity contribution in [2.75, 3.05) is 11.4 Å². The summed E-state index contributed by atoms with van der Waals surface area (Å²) in [5, 5.41) is 0. The Labute approximate surface area is 89.9 Å². The van der Waals surface area contributed by atoms with Crippen molar-refractivity contribution < 1.29 is 4.39 Å². The summed E-state index contributed by atoms with van der Waals surface area (Å²) in [4.78, 5) is 2.29. The molecule has 2 N–H and O–H groups in total. The average Bonchev–Trinajstić information content (AvgIpc) is 2.19. The van der Waals surface area contributed by atoms with Gasteiger partial charge in [-0.15, -0.1) is 0 Å². The number of nitrogens with zero attached hydrogens (tertiary/aromatic N) is 1. The van der Waals surface area contributed by atoms with E-state index in [4.69, 9.17) is 5.73 Å². The first kappa shape index (κ1) is 10.4. The van der Waals surface area contributed by atoms with E-state index in [2.05, 4.69) is 11.8 Å². The summed E-state index contributed by atoms with van der Waals surface area (Å²) in [5.74, 6) is -0.180. The van der Waals surface area contributed by atoms with Gasteiger partial charge in [-0.1, -0.05) is 0 Å². The largest absolute Gasteiger partial charge is 0.369 e. The van der Waals surface area contributed by atoms with E-state index in [0.717, 1.165) is 25.1 Å². The number of anilines is 1. The maximum absolute atomic E-state index is 12.8. The zero-order valence-electron chi connectivity index (χ0n) is 8.99.